The Kier molecular flexibility index (Phi) is 4.08. The van der Waals surface area contributed by atoms with Crippen molar-refractivity contribution in [3.8, 4) is 0 Å². The summed E-state index contributed by atoms with van der Waals surface area (Å²) in [6, 6.07) is 0. The molecule has 2 nitrogen and oxygen atoms in total. The summed E-state index contributed by atoms with van der Waals surface area (Å²) in [5.74, 6) is 0.169. The van der Waals surface area contributed by atoms with Crippen LogP contribution in [0.2, 0.25) is 0 Å². The Balaban J connectivity index is 3.94. The van der Waals surface area contributed by atoms with Gasteiger partial charge in [-0.15, -0.1) is 0 Å². The molecule has 0 radical (unpaired) electrons. The lowest BCUT2D eigenvalue weighted by Gasteiger charge is -2.24. The van der Waals surface area contributed by atoms with Gasteiger partial charge in [-0.25, -0.2) is 0 Å². The molecule has 0 aliphatic heterocycles. The average molecular weight is 222 g/mol. The first-order valence-corrected chi connectivity index (χ1v) is 4.89. The smallest absolute Gasteiger partial charge is 0.222 e. The van der Waals surface area contributed by atoms with E-state index < -0.39 is 0 Å². The molecule has 0 aromatic rings. The molecular formula is C8H16BrNO. The van der Waals surface area contributed by atoms with E-state index in [-0.39, 0.29) is 17.4 Å². The number of nitrogens with one attached hydrogen (secondary N) is 1. The first-order valence-electron chi connectivity index (χ1n) is 3.77. The van der Waals surface area contributed by atoms with Crippen molar-refractivity contribution in [2.45, 2.75) is 33.2 Å². The van der Waals surface area contributed by atoms with Gasteiger partial charge in [0.2, 0.25) is 5.91 Å². The molecule has 11 heavy (non-hydrogen) atoms. The van der Waals surface area contributed by atoms with E-state index in [4.69, 9.17) is 0 Å². The summed E-state index contributed by atoms with van der Waals surface area (Å²) in [5.41, 5.74) is -0.138. The molecule has 3 heteroatoms. The normalized spacial score (nSPS) is 11.8. The minimum Gasteiger partial charge on any atom is -0.350 e. The minimum atomic E-state index is -0.138. The van der Waals surface area contributed by atoms with E-state index in [1.807, 2.05) is 27.7 Å². The zero-order valence-corrected chi connectivity index (χ0v) is 9.16. The molecule has 1 amide bonds. The van der Waals surface area contributed by atoms with E-state index in [0.717, 1.165) is 5.33 Å². The Labute approximate surface area is 76.9 Å². The molecule has 0 fully saturated rings. The standard InChI is InChI=1S/C8H16BrNO/c1-6(2)7(11)10-8(3,4)5-9/h6H,5H2,1-4H3,(H,10,11). The number of carbonyl (C=O) groups is 1. The lowest BCUT2D eigenvalue weighted by atomic mass is 10.1. The Morgan fingerprint density at radius 3 is 2.27 bits per heavy atom. The largest absolute Gasteiger partial charge is 0.350 e. The Morgan fingerprint density at radius 1 is 1.55 bits per heavy atom. The number of alkyl halides is 1. The second-order valence-corrected chi connectivity index (χ2v) is 4.22. The lowest BCUT2D eigenvalue weighted by Crippen LogP contribution is -2.46. The fourth-order valence-corrected chi connectivity index (χ4v) is 0.651. The highest BCUT2D eigenvalue weighted by molar-refractivity contribution is 9.09. The third-order valence-corrected chi connectivity index (χ3v) is 2.72. The molecule has 0 atom stereocenters. The second-order valence-electron chi connectivity index (χ2n) is 3.66. The molecule has 0 saturated carbocycles. The topological polar surface area (TPSA) is 29.1 Å². The summed E-state index contributed by atoms with van der Waals surface area (Å²) in [4.78, 5) is 11.2. The molecule has 1 N–H and O–H groups in total. The van der Waals surface area contributed by atoms with Crippen molar-refractivity contribution in [2.75, 3.05) is 5.33 Å². The van der Waals surface area contributed by atoms with Crippen molar-refractivity contribution in [1.29, 1.82) is 0 Å². The molecule has 0 aromatic carbocycles. The van der Waals surface area contributed by atoms with Gasteiger partial charge in [0.1, 0.15) is 0 Å². The molecule has 0 unspecified atom stereocenters. The van der Waals surface area contributed by atoms with Crippen LogP contribution in [0.5, 0.6) is 0 Å². The second kappa shape index (κ2) is 4.10. The van der Waals surface area contributed by atoms with Crippen LogP contribution in [0.15, 0.2) is 0 Å². The van der Waals surface area contributed by atoms with Crippen LogP contribution in [0.1, 0.15) is 27.7 Å². The summed E-state index contributed by atoms with van der Waals surface area (Å²) < 4.78 is 0. The van der Waals surface area contributed by atoms with E-state index in [9.17, 15) is 4.79 Å². The number of amides is 1. The van der Waals surface area contributed by atoms with Gasteiger partial charge in [0.15, 0.2) is 0 Å². The third kappa shape index (κ3) is 4.40. The molecule has 0 spiro atoms. The number of carbonyl (C=O) groups excluding carboxylic acids is 1. The first kappa shape index (κ1) is 11.0. The van der Waals surface area contributed by atoms with Crippen molar-refractivity contribution < 1.29 is 4.79 Å². The van der Waals surface area contributed by atoms with E-state index in [2.05, 4.69) is 21.2 Å². The van der Waals surface area contributed by atoms with Crippen molar-refractivity contribution in [3.63, 3.8) is 0 Å². The van der Waals surface area contributed by atoms with E-state index in [1.165, 1.54) is 0 Å². The fraction of sp³-hybridized carbons (Fsp3) is 0.875. The van der Waals surface area contributed by atoms with E-state index >= 15 is 0 Å². The van der Waals surface area contributed by atoms with E-state index in [0.29, 0.717) is 0 Å². The highest BCUT2D eigenvalue weighted by Crippen LogP contribution is 2.07. The van der Waals surface area contributed by atoms with Crippen molar-refractivity contribution in [3.05, 3.63) is 0 Å². The molecule has 0 heterocycles. The maximum absolute atomic E-state index is 11.2. The van der Waals surface area contributed by atoms with Gasteiger partial charge in [0.25, 0.3) is 0 Å². The number of hydrogen-bond donors (Lipinski definition) is 1. The molecular weight excluding hydrogens is 206 g/mol. The zero-order valence-electron chi connectivity index (χ0n) is 7.57. The first-order chi connectivity index (χ1) is 4.89. The quantitative estimate of drug-likeness (QED) is 0.726. The monoisotopic (exact) mass is 221 g/mol. The number of rotatable bonds is 3. The molecule has 0 rings (SSSR count). The van der Waals surface area contributed by atoms with Crippen LogP contribution in [0.3, 0.4) is 0 Å². The Hall–Kier alpha value is -0.0500. The van der Waals surface area contributed by atoms with Crippen molar-refractivity contribution in [1.82, 2.24) is 5.32 Å². The lowest BCUT2D eigenvalue weighted by molar-refractivity contribution is -0.125. The van der Waals surface area contributed by atoms with Gasteiger partial charge in [-0.2, -0.15) is 0 Å². The molecule has 0 saturated heterocycles. The highest BCUT2D eigenvalue weighted by Gasteiger charge is 2.19. The molecule has 0 aliphatic rings. The minimum absolute atomic E-state index is 0.0633. The van der Waals surface area contributed by atoms with Crippen molar-refractivity contribution in [2.24, 2.45) is 5.92 Å². The maximum Gasteiger partial charge on any atom is 0.222 e. The summed E-state index contributed by atoms with van der Waals surface area (Å²) >= 11 is 3.33. The predicted molar refractivity (Wildman–Crippen MR) is 50.9 cm³/mol. The van der Waals surface area contributed by atoms with Gasteiger partial charge >= 0.3 is 0 Å². The van der Waals surface area contributed by atoms with Crippen LogP contribution in [0.4, 0.5) is 0 Å². The summed E-state index contributed by atoms with van der Waals surface area (Å²) in [5, 5.41) is 3.70. The van der Waals surface area contributed by atoms with Gasteiger partial charge in [-0.05, 0) is 13.8 Å². The molecule has 0 bridgehead atoms. The number of halogens is 1. The van der Waals surface area contributed by atoms with Crippen LogP contribution < -0.4 is 5.32 Å². The van der Waals surface area contributed by atoms with Gasteiger partial charge in [-0.3, -0.25) is 4.79 Å². The molecule has 66 valence electrons. The third-order valence-electron chi connectivity index (χ3n) is 1.32. The summed E-state index contributed by atoms with van der Waals surface area (Å²) in [6.45, 7) is 7.75. The summed E-state index contributed by atoms with van der Waals surface area (Å²) in [7, 11) is 0. The fourth-order valence-electron chi connectivity index (χ4n) is 0.511. The predicted octanol–water partition coefficient (Wildman–Crippen LogP) is 1.93. The van der Waals surface area contributed by atoms with Gasteiger partial charge < -0.3 is 5.32 Å². The van der Waals surface area contributed by atoms with Crippen molar-refractivity contribution >= 4 is 21.8 Å². The molecule has 0 aromatic heterocycles. The Bertz CT molecular complexity index is 143. The zero-order chi connectivity index (χ0) is 9.07. The van der Waals surface area contributed by atoms with Crippen LogP contribution >= 0.6 is 15.9 Å². The van der Waals surface area contributed by atoms with Gasteiger partial charge in [0.05, 0.1) is 0 Å². The van der Waals surface area contributed by atoms with Crippen LogP contribution in [0, 0.1) is 5.92 Å². The number of hydrogen-bond acceptors (Lipinski definition) is 1. The summed E-state index contributed by atoms with van der Waals surface area (Å²) in [6.07, 6.45) is 0. The van der Waals surface area contributed by atoms with E-state index in [1.54, 1.807) is 0 Å². The maximum atomic E-state index is 11.2. The molecule has 0 aliphatic carbocycles. The van der Waals surface area contributed by atoms with Crippen LogP contribution in [0.25, 0.3) is 0 Å². The SMILES string of the molecule is CC(C)C(=O)NC(C)(C)CBr. The van der Waals surface area contributed by atoms with Crippen LogP contribution in [-0.4, -0.2) is 16.8 Å². The van der Waals surface area contributed by atoms with Gasteiger partial charge in [0, 0.05) is 16.8 Å². The van der Waals surface area contributed by atoms with Crippen LogP contribution in [-0.2, 0) is 4.79 Å². The highest BCUT2D eigenvalue weighted by atomic mass is 79.9. The average Bonchev–Trinajstić information content (AvgIpc) is 1.87. The van der Waals surface area contributed by atoms with Gasteiger partial charge in [-0.1, -0.05) is 29.8 Å². The Morgan fingerprint density at radius 2 is 2.00 bits per heavy atom.